The van der Waals surface area contributed by atoms with Crippen molar-refractivity contribution in [1.29, 1.82) is 0 Å². The molecule has 1 heterocycles. The van der Waals surface area contributed by atoms with Gasteiger partial charge in [0.1, 0.15) is 6.29 Å². The molecule has 2 aromatic carbocycles. The highest BCUT2D eigenvalue weighted by molar-refractivity contribution is 5.75. The molecule has 3 aromatic rings. The van der Waals surface area contributed by atoms with Gasteiger partial charge in [-0.15, -0.1) is 0 Å². The van der Waals surface area contributed by atoms with Gasteiger partial charge >= 0.3 is 0 Å². The second-order valence-electron chi connectivity index (χ2n) is 4.64. The molecule has 0 radical (unpaired) electrons. The van der Waals surface area contributed by atoms with Gasteiger partial charge in [-0.2, -0.15) is 4.98 Å². The molecular weight excluding hydrogens is 280 g/mol. The highest BCUT2D eigenvalue weighted by Gasteiger charge is 2.11. The van der Waals surface area contributed by atoms with Crippen molar-refractivity contribution in [2.45, 2.75) is 0 Å². The summed E-state index contributed by atoms with van der Waals surface area (Å²) in [6, 6.07) is 14.9. The van der Waals surface area contributed by atoms with E-state index in [1.807, 2.05) is 36.4 Å². The maximum Gasteiger partial charge on any atom is 0.258 e. The van der Waals surface area contributed by atoms with Crippen LogP contribution in [0.3, 0.4) is 0 Å². The largest absolute Gasteiger partial charge is 0.397 e. The molecule has 22 heavy (non-hydrogen) atoms. The van der Waals surface area contributed by atoms with Crippen LogP contribution in [0.25, 0.3) is 22.8 Å². The summed E-state index contributed by atoms with van der Waals surface area (Å²) in [6.07, 6.45) is 0.775. The Kier molecular flexibility index (Phi) is 3.82. The van der Waals surface area contributed by atoms with E-state index in [2.05, 4.69) is 15.5 Å². The number of anilines is 2. The summed E-state index contributed by atoms with van der Waals surface area (Å²) >= 11 is 0. The molecular formula is C16H14N4O2. The van der Waals surface area contributed by atoms with Gasteiger partial charge in [-0.25, -0.2) is 0 Å². The predicted octanol–water partition coefficient (Wildman–Crippen LogP) is 2.60. The predicted molar refractivity (Wildman–Crippen MR) is 84.1 cm³/mol. The Morgan fingerprint density at radius 1 is 1.14 bits per heavy atom. The Labute approximate surface area is 127 Å². The number of carbonyl (C=O) groups excluding carboxylic acids is 1. The number of nitrogens with two attached hydrogens (primary N) is 1. The maximum absolute atomic E-state index is 10.4. The fourth-order valence-electron chi connectivity index (χ4n) is 2.05. The molecule has 0 aliphatic carbocycles. The van der Waals surface area contributed by atoms with Crippen LogP contribution in [-0.4, -0.2) is 23.0 Å². The molecule has 0 amide bonds. The van der Waals surface area contributed by atoms with E-state index in [9.17, 15) is 4.79 Å². The molecule has 3 N–H and O–H groups in total. The number of hydrogen-bond acceptors (Lipinski definition) is 6. The van der Waals surface area contributed by atoms with Gasteiger partial charge in [-0.3, -0.25) is 0 Å². The third-order valence-electron chi connectivity index (χ3n) is 3.13. The van der Waals surface area contributed by atoms with Crippen LogP contribution in [0.4, 0.5) is 11.4 Å². The van der Waals surface area contributed by atoms with Crippen LogP contribution < -0.4 is 11.1 Å². The zero-order valence-electron chi connectivity index (χ0n) is 11.7. The van der Waals surface area contributed by atoms with Crippen molar-refractivity contribution >= 4 is 17.7 Å². The first-order chi connectivity index (χ1) is 10.8. The number of nitrogens with one attached hydrogen (secondary N) is 1. The van der Waals surface area contributed by atoms with E-state index >= 15 is 0 Å². The van der Waals surface area contributed by atoms with E-state index in [-0.39, 0.29) is 6.54 Å². The monoisotopic (exact) mass is 294 g/mol. The highest BCUT2D eigenvalue weighted by atomic mass is 16.5. The van der Waals surface area contributed by atoms with Crippen molar-refractivity contribution in [3.8, 4) is 22.8 Å². The molecule has 6 heteroatoms. The van der Waals surface area contributed by atoms with E-state index in [0.717, 1.165) is 17.4 Å². The highest BCUT2D eigenvalue weighted by Crippen LogP contribution is 2.27. The molecule has 0 spiro atoms. The minimum Gasteiger partial charge on any atom is -0.397 e. The van der Waals surface area contributed by atoms with Crippen LogP contribution >= 0.6 is 0 Å². The average molecular weight is 294 g/mol. The number of nitrogens with zero attached hydrogens (tertiary/aromatic N) is 2. The topological polar surface area (TPSA) is 94.0 Å². The van der Waals surface area contributed by atoms with E-state index in [0.29, 0.717) is 23.1 Å². The molecule has 0 aliphatic heterocycles. The van der Waals surface area contributed by atoms with Gasteiger partial charge in [-0.05, 0) is 18.2 Å². The first-order valence-electron chi connectivity index (χ1n) is 6.74. The summed E-state index contributed by atoms with van der Waals surface area (Å²) in [5, 5.41) is 6.89. The Morgan fingerprint density at radius 3 is 2.68 bits per heavy atom. The zero-order chi connectivity index (χ0) is 15.4. The molecule has 0 unspecified atom stereocenters. The van der Waals surface area contributed by atoms with Crippen molar-refractivity contribution in [2.24, 2.45) is 0 Å². The van der Waals surface area contributed by atoms with Crippen LogP contribution in [0.5, 0.6) is 0 Å². The molecule has 0 saturated heterocycles. The van der Waals surface area contributed by atoms with Gasteiger partial charge in [0.2, 0.25) is 5.82 Å². The minimum atomic E-state index is 0.211. The van der Waals surface area contributed by atoms with Crippen molar-refractivity contribution < 1.29 is 9.32 Å². The van der Waals surface area contributed by atoms with Crippen LogP contribution in [0.1, 0.15) is 0 Å². The summed E-state index contributed by atoms with van der Waals surface area (Å²) in [4.78, 5) is 14.8. The molecule has 0 fully saturated rings. The number of hydrogen-bond donors (Lipinski definition) is 2. The van der Waals surface area contributed by atoms with Gasteiger partial charge < -0.3 is 20.4 Å². The second-order valence-corrected chi connectivity index (χ2v) is 4.64. The van der Waals surface area contributed by atoms with E-state index in [1.54, 1.807) is 12.1 Å². The SMILES string of the molecule is Nc1cc(-c2nc(-c3ccccc3)no2)ccc1NCC=O. The average Bonchev–Trinajstić information content (AvgIpc) is 3.04. The molecule has 1 aromatic heterocycles. The first-order valence-corrected chi connectivity index (χ1v) is 6.74. The summed E-state index contributed by atoms with van der Waals surface area (Å²) < 4.78 is 5.29. The Balaban J connectivity index is 1.87. The molecule has 0 bridgehead atoms. The van der Waals surface area contributed by atoms with Crippen molar-refractivity contribution in [3.63, 3.8) is 0 Å². The number of rotatable bonds is 5. The molecule has 0 atom stereocenters. The van der Waals surface area contributed by atoms with Crippen molar-refractivity contribution in [2.75, 3.05) is 17.6 Å². The molecule has 6 nitrogen and oxygen atoms in total. The standard InChI is InChI=1S/C16H14N4O2/c17-13-10-12(6-7-14(13)18-8-9-21)16-19-15(20-22-16)11-4-2-1-3-5-11/h1-7,9-10,18H,8,17H2. The Morgan fingerprint density at radius 2 is 1.95 bits per heavy atom. The zero-order valence-corrected chi connectivity index (χ0v) is 11.7. The van der Waals surface area contributed by atoms with Gasteiger partial charge in [0, 0.05) is 11.1 Å². The summed E-state index contributed by atoms with van der Waals surface area (Å²) in [5.74, 6) is 0.921. The number of benzene rings is 2. The first kappa shape index (κ1) is 13.8. The maximum atomic E-state index is 10.4. The van der Waals surface area contributed by atoms with E-state index in [1.165, 1.54) is 0 Å². The number of aldehydes is 1. The van der Waals surface area contributed by atoms with Crippen LogP contribution in [-0.2, 0) is 4.79 Å². The van der Waals surface area contributed by atoms with Crippen molar-refractivity contribution in [3.05, 3.63) is 48.5 Å². The van der Waals surface area contributed by atoms with Gasteiger partial charge in [0.15, 0.2) is 0 Å². The molecule has 110 valence electrons. The number of aromatic nitrogens is 2. The normalized spacial score (nSPS) is 10.4. The smallest absolute Gasteiger partial charge is 0.258 e. The fourth-order valence-corrected chi connectivity index (χ4v) is 2.05. The molecule has 0 saturated carbocycles. The van der Waals surface area contributed by atoms with Crippen LogP contribution in [0.2, 0.25) is 0 Å². The lowest BCUT2D eigenvalue weighted by atomic mass is 10.1. The lowest BCUT2D eigenvalue weighted by Crippen LogP contribution is -2.04. The summed E-state index contributed by atoms with van der Waals surface area (Å²) in [6.45, 7) is 0.211. The summed E-state index contributed by atoms with van der Waals surface area (Å²) in [7, 11) is 0. The molecule has 3 rings (SSSR count). The van der Waals surface area contributed by atoms with Gasteiger partial charge in [0.25, 0.3) is 5.89 Å². The van der Waals surface area contributed by atoms with E-state index < -0.39 is 0 Å². The number of carbonyl (C=O) groups is 1. The van der Waals surface area contributed by atoms with Gasteiger partial charge in [-0.1, -0.05) is 35.5 Å². The van der Waals surface area contributed by atoms with Crippen molar-refractivity contribution in [1.82, 2.24) is 10.1 Å². The lowest BCUT2D eigenvalue weighted by molar-refractivity contribution is -0.106. The lowest BCUT2D eigenvalue weighted by Gasteiger charge is -2.06. The quantitative estimate of drug-likeness (QED) is 0.555. The second kappa shape index (κ2) is 6.09. The Bertz CT molecular complexity index is 784. The number of nitrogen functional groups attached to an aromatic ring is 1. The van der Waals surface area contributed by atoms with Crippen LogP contribution in [0.15, 0.2) is 53.1 Å². The third-order valence-corrected chi connectivity index (χ3v) is 3.13. The molecule has 0 aliphatic rings. The van der Waals surface area contributed by atoms with Gasteiger partial charge in [0.05, 0.1) is 17.9 Å². The Hall–Kier alpha value is -3.15. The third kappa shape index (κ3) is 2.80. The fraction of sp³-hybridized carbons (Fsp3) is 0.0625. The van der Waals surface area contributed by atoms with Crippen LogP contribution in [0, 0.1) is 0 Å². The van der Waals surface area contributed by atoms with E-state index in [4.69, 9.17) is 10.3 Å². The minimum absolute atomic E-state index is 0.211. The summed E-state index contributed by atoms with van der Waals surface area (Å²) in [5.41, 5.74) is 8.76.